The van der Waals surface area contributed by atoms with Crippen LogP contribution in [0.15, 0.2) is 12.2 Å². The first-order chi connectivity index (χ1) is 31.1. The third-order valence-electron chi connectivity index (χ3n) is 13.9. The van der Waals surface area contributed by atoms with Crippen molar-refractivity contribution in [2.24, 2.45) is 0 Å². The van der Waals surface area contributed by atoms with Crippen molar-refractivity contribution in [3.05, 3.63) is 12.2 Å². The lowest BCUT2D eigenvalue weighted by Gasteiger charge is -2.26. The van der Waals surface area contributed by atoms with Gasteiger partial charge in [0.25, 0.3) is 0 Å². The van der Waals surface area contributed by atoms with Gasteiger partial charge in [-0.2, -0.15) is 0 Å². The number of aliphatic hydroxyl groups excluding tert-OH is 3. The fourth-order valence-corrected chi connectivity index (χ4v) is 9.40. The standard InChI is InChI=1S/C58H115NO4/c1-3-5-7-9-11-13-15-17-19-21-23-25-26-27-28-29-30-31-33-35-37-39-41-43-45-47-49-51-53-57(62)59-55(54-60)58(63)56(61)52-50-48-46-44-42-40-38-36-34-32-24-22-20-18-16-14-12-10-8-6-4-2/h27-28,55-56,58,60-61,63H,3-26,29-54H2,1-2H3,(H,59,62)/b28-27-. The number of aliphatic hydroxyl groups is 3. The maximum absolute atomic E-state index is 12.5. The molecule has 0 aromatic rings. The zero-order chi connectivity index (χ0) is 45.8. The predicted octanol–water partition coefficient (Wildman–Crippen LogP) is 17.9. The van der Waals surface area contributed by atoms with Gasteiger partial charge in [-0.1, -0.05) is 296 Å². The van der Waals surface area contributed by atoms with Gasteiger partial charge in [-0.25, -0.2) is 0 Å². The molecule has 0 fully saturated rings. The highest BCUT2D eigenvalue weighted by atomic mass is 16.3. The molecule has 0 saturated carbocycles. The van der Waals surface area contributed by atoms with Crippen LogP contribution < -0.4 is 5.32 Å². The van der Waals surface area contributed by atoms with Crippen LogP contribution in [0, 0.1) is 0 Å². The van der Waals surface area contributed by atoms with E-state index in [0.29, 0.717) is 12.8 Å². The number of amides is 1. The topological polar surface area (TPSA) is 89.8 Å². The molecule has 1 amide bonds. The lowest BCUT2D eigenvalue weighted by Crippen LogP contribution is -2.50. The smallest absolute Gasteiger partial charge is 0.220 e. The number of unbranched alkanes of at least 4 members (excludes halogenated alkanes) is 44. The van der Waals surface area contributed by atoms with Gasteiger partial charge < -0.3 is 20.6 Å². The molecule has 4 N–H and O–H groups in total. The van der Waals surface area contributed by atoms with Crippen molar-refractivity contribution in [3.63, 3.8) is 0 Å². The Morgan fingerprint density at radius 2 is 0.635 bits per heavy atom. The van der Waals surface area contributed by atoms with E-state index < -0.39 is 18.2 Å². The van der Waals surface area contributed by atoms with E-state index in [-0.39, 0.29) is 12.5 Å². The van der Waals surface area contributed by atoms with Crippen LogP contribution in [-0.2, 0) is 4.79 Å². The number of hydrogen-bond donors (Lipinski definition) is 4. The van der Waals surface area contributed by atoms with E-state index in [1.165, 1.54) is 270 Å². The van der Waals surface area contributed by atoms with Crippen LogP contribution in [0.5, 0.6) is 0 Å². The van der Waals surface area contributed by atoms with Crippen molar-refractivity contribution < 1.29 is 20.1 Å². The fourth-order valence-electron chi connectivity index (χ4n) is 9.40. The second kappa shape index (κ2) is 53.7. The van der Waals surface area contributed by atoms with Gasteiger partial charge in [0.2, 0.25) is 5.91 Å². The molecular formula is C58H115NO4. The number of carbonyl (C=O) groups excluding carboxylic acids is 1. The SMILES string of the molecule is CCCCCCCCCCCCCC/C=C\CCCCCCCCCCCCCCC(=O)NC(CO)C(O)C(O)CCCCCCCCCCCCCCCCCCCCCCC. The third kappa shape index (κ3) is 48.8. The molecule has 0 aliphatic heterocycles. The number of nitrogens with one attached hydrogen (secondary N) is 1. The summed E-state index contributed by atoms with van der Waals surface area (Å²) in [7, 11) is 0. The van der Waals surface area contributed by atoms with Gasteiger partial charge in [-0.15, -0.1) is 0 Å². The van der Waals surface area contributed by atoms with Crippen molar-refractivity contribution in [3.8, 4) is 0 Å². The zero-order valence-electron chi connectivity index (χ0n) is 43.0. The van der Waals surface area contributed by atoms with Gasteiger partial charge in [-0.05, 0) is 38.5 Å². The van der Waals surface area contributed by atoms with E-state index in [1.54, 1.807) is 0 Å². The van der Waals surface area contributed by atoms with Crippen LogP contribution in [0.25, 0.3) is 0 Å². The molecule has 0 aliphatic carbocycles. The molecule has 376 valence electrons. The minimum Gasteiger partial charge on any atom is -0.394 e. The summed E-state index contributed by atoms with van der Waals surface area (Å²) in [6, 6.07) is -0.807. The molecule has 0 spiro atoms. The van der Waals surface area contributed by atoms with E-state index in [9.17, 15) is 20.1 Å². The quantitative estimate of drug-likeness (QED) is 0.0362. The molecule has 0 heterocycles. The molecular weight excluding hydrogens is 775 g/mol. The Bertz CT molecular complexity index is 894. The van der Waals surface area contributed by atoms with Gasteiger partial charge >= 0.3 is 0 Å². The third-order valence-corrected chi connectivity index (χ3v) is 13.9. The van der Waals surface area contributed by atoms with E-state index in [4.69, 9.17) is 0 Å². The molecule has 0 aliphatic rings. The normalized spacial score (nSPS) is 13.3. The molecule has 0 radical (unpaired) electrons. The average Bonchev–Trinajstić information content (AvgIpc) is 3.29. The Kier molecular flexibility index (Phi) is 52.9. The molecule has 5 heteroatoms. The van der Waals surface area contributed by atoms with E-state index >= 15 is 0 Å². The van der Waals surface area contributed by atoms with Crippen LogP contribution in [0.3, 0.4) is 0 Å². The van der Waals surface area contributed by atoms with E-state index in [1.807, 2.05) is 0 Å². The Labute approximate surface area is 395 Å². The lowest BCUT2D eigenvalue weighted by molar-refractivity contribution is -0.124. The molecule has 5 nitrogen and oxygen atoms in total. The van der Waals surface area contributed by atoms with Crippen LogP contribution >= 0.6 is 0 Å². The molecule has 0 saturated heterocycles. The first-order valence-corrected chi connectivity index (χ1v) is 29.0. The maximum Gasteiger partial charge on any atom is 0.220 e. The molecule has 63 heavy (non-hydrogen) atoms. The summed E-state index contributed by atoms with van der Waals surface area (Å²) in [6.45, 7) is 4.22. The second-order valence-electron chi connectivity index (χ2n) is 20.2. The lowest BCUT2D eigenvalue weighted by atomic mass is 9.99. The van der Waals surface area contributed by atoms with Crippen molar-refractivity contribution in [2.45, 2.75) is 347 Å². The summed E-state index contributed by atoms with van der Waals surface area (Å²) in [5, 5.41) is 33.8. The van der Waals surface area contributed by atoms with Gasteiger partial charge in [0.15, 0.2) is 0 Å². The summed E-state index contributed by atoms with van der Waals surface area (Å²) in [5.41, 5.74) is 0. The first kappa shape index (κ1) is 62.1. The average molecular weight is 891 g/mol. The van der Waals surface area contributed by atoms with Crippen molar-refractivity contribution in [1.29, 1.82) is 0 Å². The maximum atomic E-state index is 12.5. The highest BCUT2D eigenvalue weighted by Crippen LogP contribution is 2.18. The number of allylic oxidation sites excluding steroid dienone is 2. The van der Waals surface area contributed by atoms with Crippen molar-refractivity contribution in [2.75, 3.05) is 6.61 Å². The largest absolute Gasteiger partial charge is 0.394 e. The Hall–Kier alpha value is -0.910. The molecule has 0 rings (SSSR count). The molecule has 0 bridgehead atoms. The number of carbonyl (C=O) groups is 1. The second-order valence-corrected chi connectivity index (χ2v) is 20.2. The Morgan fingerprint density at radius 1 is 0.381 bits per heavy atom. The van der Waals surface area contributed by atoms with Crippen LogP contribution in [0.2, 0.25) is 0 Å². The highest BCUT2D eigenvalue weighted by molar-refractivity contribution is 5.76. The summed E-state index contributed by atoms with van der Waals surface area (Å²) in [4.78, 5) is 12.5. The highest BCUT2D eigenvalue weighted by Gasteiger charge is 2.26. The van der Waals surface area contributed by atoms with Crippen molar-refractivity contribution in [1.82, 2.24) is 5.32 Å². The number of hydrogen-bond acceptors (Lipinski definition) is 4. The van der Waals surface area contributed by atoms with Crippen LogP contribution in [-0.4, -0.2) is 46.1 Å². The van der Waals surface area contributed by atoms with Crippen molar-refractivity contribution >= 4 is 5.91 Å². The Balaban J connectivity index is 3.50. The minimum absolute atomic E-state index is 0.139. The van der Waals surface area contributed by atoms with E-state index in [2.05, 4.69) is 31.3 Å². The molecule has 0 aromatic carbocycles. The Morgan fingerprint density at radius 3 is 0.921 bits per heavy atom. The van der Waals surface area contributed by atoms with Gasteiger partial charge in [0, 0.05) is 6.42 Å². The predicted molar refractivity (Wildman–Crippen MR) is 278 cm³/mol. The van der Waals surface area contributed by atoms with Gasteiger partial charge in [-0.3, -0.25) is 4.79 Å². The summed E-state index contributed by atoms with van der Waals surface area (Å²) in [5.74, 6) is -0.139. The van der Waals surface area contributed by atoms with E-state index in [0.717, 1.165) is 32.1 Å². The van der Waals surface area contributed by atoms with Gasteiger partial charge in [0.05, 0.1) is 18.8 Å². The molecule has 0 aromatic heterocycles. The van der Waals surface area contributed by atoms with Crippen LogP contribution in [0.4, 0.5) is 0 Å². The zero-order valence-corrected chi connectivity index (χ0v) is 43.0. The minimum atomic E-state index is -1.13. The molecule has 3 unspecified atom stereocenters. The summed E-state index contributed by atoms with van der Waals surface area (Å²) in [6.07, 6.45) is 66.5. The molecule has 3 atom stereocenters. The van der Waals surface area contributed by atoms with Crippen LogP contribution in [0.1, 0.15) is 328 Å². The summed E-state index contributed by atoms with van der Waals surface area (Å²) < 4.78 is 0. The first-order valence-electron chi connectivity index (χ1n) is 29.0. The number of rotatable bonds is 54. The monoisotopic (exact) mass is 890 g/mol. The fraction of sp³-hybridized carbons (Fsp3) is 0.948. The van der Waals surface area contributed by atoms with Gasteiger partial charge in [0.1, 0.15) is 6.10 Å². The summed E-state index contributed by atoms with van der Waals surface area (Å²) >= 11 is 0.